The van der Waals surface area contributed by atoms with Crippen molar-refractivity contribution in [2.75, 3.05) is 16.4 Å². The van der Waals surface area contributed by atoms with E-state index in [0.29, 0.717) is 17.5 Å². The van der Waals surface area contributed by atoms with Gasteiger partial charge in [-0.2, -0.15) is 0 Å². The molecule has 5 nitrogen and oxygen atoms in total. The molecule has 4 rings (SSSR count). The first-order valence-corrected chi connectivity index (χ1v) is 8.93. The smallest absolute Gasteiger partial charge is 0.159 e. The number of fused-ring (bicyclic) bond motifs is 1. The van der Waals surface area contributed by atoms with Crippen molar-refractivity contribution in [3.8, 4) is 0 Å². The summed E-state index contributed by atoms with van der Waals surface area (Å²) in [6.07, 6.45) is 7.78. The van der Waals surface area contributed by atoms with Gasteiger partial charge in [-0.15, -0.1) is 0 Å². The molecular weight excluding hydrogens is 310 g/mol. The van der Waals surface area contributed by atoms with E-state index in [-0.39, 0.29) is 0 Å². The molecular formula is C20H23N5. The van der Waals surface area contributed by atoms with Gasteiger partial charge in [-0.05, 0) is 24.3 Å². The van der Waals surface area contributed by atoms with E-state index in [0.717, 1.165) is 16.9 Å². The van der Waals surface area contributed by atoms with Crippen molar-refractivity contribution in [2.24, 2.45) is 0 Å². The summed E-state index contributed by atoms with van der Waals surface area (Å²) >= 11 is 0. The summed E-state index contributed by atoms with van der Waals surface area (Å²) in [5.74, 6) is 1.37. The predicted molar refractivity (Wildman–Crippen MR) is 104 cm³/mol. The summed E-state index contributed by atoms with van der Waals surface area (Å²) < 4.78 is 0. The van der Waals surface area contributed by atoms with Crippen LogP contribution in [-0.2, 0) is 0 Å². The molecule has 2 aromatic carbocycles. The van der Waals surface area contributed by atoms with Crippen LogP contribution >= 0.6 is 0 Å². The Morgan fingerprint density at radius 1 is 0.880 bits per heavy atom. The third-order valence-electron chi connectivity index (χ3n) is 4.87. The van der Waals surface area contributed by atoms with E-state index < -0.39 is 0 Å². The molecule has 25 heavy (non-hydrogen) atoms. The Kier molecular flexibility index (Phi) is 4.37. The van der Waals surface area contributed by atoms with Crippen molar-refractivity contribution in [2.45, 2.75) is 38.1 Å². The van der Waals surface area contributed by atoms with Crippen molar-refractivity contribution >= 4 is 33.8 Å². The molecule has 1 aromatic heterocycles. The first-order chi connectivity index (χ1) is 12.3. The van der Waals surface area contributed by atoms with E-state index in [1.165, 1.54) is 37.5 Å². The first kappa shape index (κ1) is 15.7. The number of nitrogens with two attached hydrogens (primary N) is 1. The molecule has 128 valence electrons. The Balaban J connectivity index is 1.61. The van der Waals surface area contributed by atoms with Crippen molar-refractivity contribution in [1.29, 1.82) is 0 Å². The maximum Gasteiger partial charge on any atom is 0.159 e. The zero-order chi connectivity index (χ0) is 17.1. The molecule has 0 bridgehead atoms. The zero-order valence-corrected chi connectivity index (χ0v) is 14.2. The van der Waals surface area contributed by atoms with Crippen LogP contribution in [0.2, 0.25) is 0 Å². The summed E-state index contributed by atoms with van der Waals surface area (Å²) in [7, 11) is 0. The number of rotatable bonds is 4. The summed E-state index contributed by atoms with van der Waals surface area (Å²) in [6, 6.07) is 14.9. The molecule has 3 aromatic rings. The molecule has 0 atom stereocenters. The van der Waals surface area contributed by atoms with Crippen molar-refractivity contribution in [3.63, 3.8) is 0 Å². The molecule has 1 saturated carbocycles. The number of anilines is 4. The number of hydrogen-bond acceptors (Lipinski definition) is 5. The van der Waals surface area contributed by atoms with Gasteiger partial charge in [0.25, 0.3) is 0 Å². The van der Waals surface area contributed by atoms with Crippen LogP contribution in [0.4, 0.5) is 23.0 Å². The predicted octanol–water partition coefficient (Wildman–Crippen LogP) is 4.70. The number of nitrogen functional groups attached to an aromatic ring is 1. The lowest BCUT2D eigenvalue weighted by Crippen LogP contribution is -2.23. The van der Waals surface area contributed by atoms with Crippen LogP contribution in [0.1, 0.15) is 32.1 Å². The van der Waals surface area contributed by atoms with Gasteiger partial charge in [0, 0.05) is 17.1 Å². The van der Waals surface area contributed by atoms with Crippen LogP contribution in [0.5, 0.6) is 0 Å². The SMILES string of the molecule is Nc1c(Nc2cccc3ccccc23)ncnc1NC1CCCCC1. The maximum absolute atomic E-state index is 6.34. The van der Waals surface area contributed by atoms with E-state index in [1.54, 1.807) is 6.33 Å². The van der Waals surface area contributed by atoms with Crippen molar-refractivity contribution in [1.82, 2.24) is 9.97 Å². The van der Waals surface area contributed by atoms with Gasteiger partial charge in [0.2, 0.25) is 0 Å². The van der Waals surface area contributed by atoms with Crippen LogP contribution in [0.25, 0.3) is 10.8 Å². The summed E-state index contributed by atoms with van der Waals surface area (Å²) in [6.45, 7) is 0. The minimum absolute atomic E-state index is 0.455. The lowest BCUT2D eigenvalue weighted by molar-refractivity contribution is 0.462. The van der Waals surface area contributed by atoms with Gasteiger partial charge in [-0.1, -0.05) is 55.7 Å². The van der Waals surface area contributed by atoms with E-state index in [9.17, 15) is 0 Å². The molecule has 5 heteroatoms. The van der Waals surface area contributed by atoms with Gasteiger partial charge in [-0.25, -0.2) is 9.97 Å². The molecule has 1 fully saturated rings. The molecule has 0 radical (unpaired) electrons. The molecule has 0 aliphatic heterocycles. The van der Waals surface area contributed by atoms with Crippen LogP contribution in [-0.4, -0.2) is 16.0 Å². The Bertz CT molecular complexity index is 866. The van der Waals surface area contributed by atoms with Gasteiger partial charge in [0.1, 0.15) is 12.0 Å². The lowest BCUT2D eigenvalue weighted by atomic mass is 9.95. The fourth-order valence-corrected chi connectivity index (χ4v) is 3.51. The molecule has 4 N–H and O–H groups in total. The Morgan fingerprint density at radius 2 is 1.64 bits per heavy atom. The number of nitrogens with one attached hydrogen (secondary N) is 2. The quantitative estimate of drug-likeness (QED) is 0.645. The second kappa shape index (κ2) is 6.97. The molecule has 1 heterocycles. The standard InChI is InChI=1S/C20H23N5/c21-18-19(24-15-9-2-1-3-10-15)22-13-23-20(18)25-17-12-6-8-14-7-4-5-11-16(14)17/h4-8,11-13,15H,1-3,9-10,21H2,(H2,22,23,24,25). The van der Waals surface area contributed by atoms with Crippen LogP contribution in [0, 0.1) is 0 Å². The van der Waals surface area contributed by atoms with Crippen molar-refractivity contribution < 1.29 is 0 Å². The molecule has 0 amide bonds. The molecule has 1 aliphatic carbocycles. The minimum Gasteiger partial charge on any atom is -0.393 e. The second-order valence-corrected chi connectivity index (χ2v) is 6.62. The first-order valence-electron chi connectivity index (χ1n) is 8.93. The number of aromatic nitrogens is 2. The van der Waals surface area contributed by atoms with Crippen molar-refractivity contribution in [3.05, 3.63) is 48.8 Å². The van der Waals surface area contributed by atoms with Gasteiger partial charge in [0.15, 0.2) is 11.6 Å². The third-order valence-corrected chi connectivity index (χ3v) is 4.87. The highest BCUT2D eigenvalue weighted by Crippen LogP contribution is 2.31. The highest BCUT2D eigenvalue weighted by Gasteiger charge is 2.16. The molecule has 0 spiro atoms. The average Bonchev–Trinajstić information content (AvgIpc) is 2.66. The number of nitrogens with zero attached hydrogens (tertiary/aromatic N) is 2. The average molecular weight is 333 g/mol. The van der Waals surface area contributed by atoms with Gasteiger partial charge in [-0.3, -0.25) is 0 Å². The summed E-state index contributed by atoms with van der Waals surface area (Å²) in [5, 5.41) is 9.20. The van der Waals surface area contributed by atoms with Gasteiger partial charge < -0.3 is 16.4 Å². The third kappa shape index (κ3) is 3.36. The topological polar surface area (TPSA) is 75.9 Å². The molecule has 1 aliphatic rings. The lowest BCUT2D eigenvalue weighted by Gasteiger charge is -2.24. The fourth-order valence-electron chi connectivity index (χ4n) is 3.51. The van der Waals surface area contributed by atoms with E-state index >= 15 is 0 Å². The highest BCUT2D eigenvalue weighted by molar-refractivity contribution is 5.96. The van der Waals surface area contributed by atoms with E-state index in [4.69, 9.17) is 5.73 Å². The monoisotopic (exact) mass is 333 g/mol. The Hall–Kier alpha value is -2.82. The Morgan fingerprint density at radius 3 is 2.52 bits per heavy atom. The minimum atomic E-state index is 0.455. The maximum atomic E-state index is 6.34. The zero-order valence-electron chi connectivity index (χ0n) is 14.2. The van der Waals surface area contributed by atoms with Crippen LogP contribution < -0.4 is 16.4 Å². The van der Waals surface area contributed by atoms with E-state index in [2.05, 4.69) is 38.8 Å². The summed E-state index contributed by atoms with van der Waals surface area (Å²) in [5.41, 5.74) is 7.91. The normalized spacial score (nSPS) is 15.2. The highest BCUT2D eigenvalue weighted by atomic mass is 15.1. The Labute approximate surface area is 147 Å². The van der Waals surface area contributed by atoms with Gasteiger partial charge in [0.05, 0.1) is 0 Å². The van der Waals surface area contributed by atoms with Gasteiger partial charge >= 0.3 is 0 Å². The number of benzene rings is 2. The second-order valence-electron chi connectivity index (χ2n) is 6.62. The van der Waals surface area contributed by atoms with Crippen LogP contribution in [0.15, 0.2) is 48.8 Å². The van der Waals surface area contributed by atoms with Crippen LogP contribution in [0.3, 0.4) is 0 Å². The summed E-state index contributed by atoms with van der Waals surface area (Å²) in [4.78, 5) is 8.70. The molecule has 0 saturated heterocycles. The number of hydrogen-bond donors (Lipinski definition) is 3. The molecule has 0 unspecified atom stereocenters. The fraction of sp³-hybridized carbons (Fsp3) is 0.300. The largest absolute Gasteiger partial charge is 0.393 e. The van der Waals surface area contributed by atoms with E-state index in [1.807, 2.05) is 24.3 Å².